The maximum atomic E-state index is 11.1. The Morgan fingerprint density at radius 1 is 1.14 bits per heavy atom. The third-order valence-corrected chi connectivity index (χ3v) is 3.41. The molecule has 0 amide bonds. The zero-order valence-electron chi connectivity index (χ0n) is 11.7. The average Bonchev–Trinajstić information content (AvgIpc) is 3.04. The van der Waals surface area contributed by atoms with Gasteiger partial charge in [0.15, 0.2) is 0 Å². The van der Waals surface area contributed by atoms with Crippen molar-refractivity contribution in [2.45, 2.75) is 5.79 Å². The maximum Gasteiger partial charge on any atom is 0.276 e. The molecule has 0 saturated carbocycles. The van der Waals surface area contributed by atoms with Crippen molar-refractivity contribution in [3.8, 4) is 0 Å². The van der Waals surface area contributed by atoms with Crippen LogP contribution in [0.3, 0.4) is 0 Å². The molecule has 1 aromatic carbocycles. The summed E-state index contributed by atoms with van der Waals surface area (Å²) < 4.78 is 11.5. The third kappa shape index (κ3) is 2.74. The molecule has 0 spiro atoms. The summed E-state index contributed by atoms with van der Waals surface area (Å²) in [7, 11) is 0. The molecule has 1 aliphatic heterocycles. The van der Waals surface area contributed by atoms with Gasteiger partial charge < -0.3 is 9.47 Å². The van der Waals surface area contributed by atoms with E-state index in [1.807, 2.05) is 0 Å². The third-order valence-electron chi connectivity index (χ3n) is 3.41. The minimum atomic E-state index is -1.02. The molecule has 0 unspecified atom stereocenters. The molecule has 22 heavy (non-hydrogen) atoms. The second kappa shape index (κ2) is 6.05. The van der Waals surface area contributed by atoms with E-state index in [9.17, 15) is 10.1 Å². The highest BCUT2D eigenvalue weighted by Crippen LogP contribution is 2.34. The lowest BCUT2D eigenvalue weighted by Gasteiger charge is -2.23. The zero-order chi connectivity index (χ0) is 15.4. The van der Waals surface area contributed by atoms with E-state index in [0.717, 1.165) is 5.56 Å². The Morgan fingerprint density at radius 2 is 1.82 bits per heavy atom. The molecule has 1 aromatic heterocycles. The lowest BCUT2D eigenvalue weighted by molar-refractivity contribution is -0.385. The van der Waals surface area contributed by atoms with E-state index in [1.165, 1.54) is 6.07 Å². The fourth-order valence-corrected chi connectivity index (χ4v) is 2.37. The smallest absolute Gasteiger partial charge is 0.276 e. The topological polar surface area (TPSA) is 74.5 Å². The van der Waals surface area contributed by atoms with Crippen molar-refractivity contribution in [3.63, 3.8) is 0 Å². The Kier molecular flexibility index (Phi) is 3.95. The van der Waals surface area contributed by atoms with Gasteiger partial charge in [0.05, 0.1) is 23.7 Å². The second-order valence-corrected chi connectivity index (χ2v) is 4.75. The first-order valence-corrected chi connectivity index (χ1v) is 6.82. The van der Waals surface area contributed by atoms with Crippen molar-refractivity contribution < 1.29 is 14.4 Å². The summed E-state index contributed by atoms with van der Waals surface area (Å²) in [4.78, 5) is 14.6. The summed E-state index contributed by atoms with van der Waals surface area (Å²) in [6, 6.07) is 10.1. The molecule has 0 aliphatic carbocycles. The van der Waals surface area contributed by atoms with Crippen molar-refractivity contribution in [1.29, 1.82) is 0 Å². The van der Waals surface area contributed by atoms with Crippen LogP contribution in [-0.4, -0.2) is 23.1 Å². The summed E-state index contributed by atoms with van der Waals surface area (Å²) >= 11 is 0. The molecule has 0 bridgehead atoms. The molecule has 1 saturated heterocycles. The number of hydrogen-bond donors (Lipinski definition) is 0. The molecular weight excluding hydrogens is 284 g/mol. The molecule has 0 radical (unpaired) electrons. The Balaban J connectivity index is 1.97. The predicted molar refractivity (Wildman–Crippen MR) is 79.9 cm³/mol. The monoisotopic (exact) mass is 298 g/mol. The summed E-state index contributed by atoms with van der Waals surface area (Å²) in [6.07, 6.45) is 6.67. The van der Waals surface area contributed by atoms with E-state index in [4.69, 9.17) is 9.47 Å². The molecule has 1 aliphatic rings. The molecule has 6 nitrogen and oxygen atoms in total. The van der Waals surface area contributed by atoms with Gasteiger partial charge in [-0.1, -0.05) is 12.1 Å². The van der Waals surface area contributed by atoms with E-state index in [-0.39, 0.29) is 5.69 Å². The Morgan fingerprint density at radius 3 is 2.50 bits per heavy atom. The summed E-state index contributed by atoms with van der Waals surface area (Å²) in [5, 5.41) is 11.1. The first kappa shape index (κ1) is 14.4. The fourth-order valence-electron chi connectivity index (χ4n) is 2.37. The van der Waals surface area contributed by atoms with E-state index >= 15 is 0 Å². The molecular formula is C16H14N2O4. The van der Waals surface area contributed by atoms with Gasteiger partial charge in [-0.3, -0.25) is 15.1 Å². The largest absolute Gasteiger partial charge is 0.340 e. The minimum absolute atomic E-state index is 0.0432. The van der Waals surface area contributed by atoms with Crippen LogP contribution in [0.15, 0.2) is 54.9 Å². The van der Waals surface area contributed by atoms with E-state index < -0.39 is 10.7 Å². The van der Waals surface area contributed by atoms with Gasteiger partial charge in [0.1, 0.15) is 0 Å². The molecule has 0 atom stereocenters. The number of rotatable bonds is 4. The van der Waals surface area contributed by atoms with Gasteiger partial charge in [0.2, 0.25) is 5.79 Å². The van der Waals surface area contributed by atoms with Crippen LogP contribution < -0.4 is 0 Å². The molecule has 0 N–H and O–H groups in total. The number of pyridine rings is 1. The first-order chi connectivity index (χ1) is 10.7. The number of nitro groups is 1. The van der Waals surface area contributed by atoms with Crippen molar-refractivity contribution in [3.05, 3.63) is 76.1 Å². The lowest BCUT2D eigenvalue weighted by Crippen LogP contribution is -2.24. The number of ether oxygens (including phenoxy) is 2. The normalized spacial score (nSPS) is 16.9. The number of benzene rings is 1. The number of nitrogens with zero attached hydrogens (tertiary/aromatic N) is 2. The molecule has 2 heterocycles. The van der Waals surface area contributed by atoms with Gasteiger partial charge in [-0.05, 0) is 30.4 Å². The SMILES string of the molecule is O=[N+]([O-])c1ccccc1/C=C/C1(c2ccncc2)OCCO1. The van der Waals surface area contributed by atoms with Crippen LogP contribution in [0, 0.1) is 10.1 Å². The van der Waals surface area contributed by atoms with Gasteiger partial charge in [-0.25, -0.2) is 0 Å². The number of hydrogen-bond acceptors (Lipinski definition) is 5. The first-order valence-electron chi connectivity index (χ1n) is 6.82. The van der Waals surface area contributed by atoms with E-state index in [2.05, 4.69) is 4.98 Å². The predicted octanol–water partition coefficient (Wildman–Crippen LogP) is 2.90. The van der Waals surface area contributed by atoms with Crippen LogP contribution in [0.4, 0.5) is 5.69 Å². The highest BCUT2D eigenvalue weighted by atomic mass is 16.7. The van der Waals surface area contributed by atoms with Crippen LogP contribution in [0.5, 0.6) is 0 Å². The maximum absolute atomic E-state index is 11.1. The highest BCUT2D eigenvalue weighted by Gasteiger charge is 2.36. The number of aromatic nitrogens is 1. The van der Waals surface area contributed by atoms with Crippen LogP contribution in [0.1, 0.15) is 11.1 Å². The molecule has 6 heteroatoms. The van der Waals surface area contributed by atoms with Crippen molar-refractivity contribution in [2.75, 3.05) is 13.2 Å². The Hall–Kier alpha value is -2.57. The van der Waals surface area contributed by atoms with Crippen molar-refractivity contribution in [2.24, 2.45) is 0 Å². The Bertz CT molecular complexity index is 694. The van der Waals surface area contributed by atoms with Gasteiger partial charge >= 0.3 is 0 Å². The van der Waals surface area contributed by atoms with Crippen LogP contribution >= 0.6 is 0 Å². The van der Waals surface area contributed by atoms with Crippen LogP contribution in [0.25, 0.3) is 6.08 Å². The van der Waals surface area contributed by atoms with Gasteiger partial charge in [0, 0.05) is 24.0 Å². The fraction of sp³-hybridized carbons (Fsp3) is 0.188. The van der Waals surface area contributed by atoms with Crippen LogP contribution in [-0.2, 0) is 15.3 Å². The lowest BCUT2D eigenvalue weighted by atomic mass is 10.0. The second-order valence-electron chi connectivity index (χ2n) is 4.75. The summed E-state index contributed by atoms with van der Waals surface area (Å²) in [6.45, 7) is 0.924. The van der Waals surface area contributed by atoms with Crippen molar-refractivity contribution >= 4 is 11.8 Å². The molecule has 2 aromatic rings. The van der Waals surface area contributed by atoms with Gasteiger partial charge in [-0.2, -0.15) is 0 Å². The van der Waals surface area contributed by atoms with Crippen LogP contribution in [0.2, 0.25) is 0 Å². The number of nitro benzene ring substituents is 1. The van der Waals surface area contributed by atoms with E-state index in [0.29, 0.717) is 18.8 Å². The van der Waals surface area contributed by atoms with Crippen molar-refractivity contribution in [1.82, 2.24) is 4.98 Å². The molecule has 3 rings (SSSR count). The zero-order valence-corrected chi connectivity index (χ0v) is 11.7. The minimum Gasteiger partial charge on any atom is -0.340 e. The highest BCUT2D eigenvalue weighted by molar-refractivity contribution is 5.61. The Labute approximate surface area is 127 Å². The van der Waals surface area contributed by atoms with E-state index in [1.54, 1.807) is 54.9 Å². The standard InChI is InChI=1S/C16H14N2O4/c19-18(20)15-4-2-1-3-13(15)5-8-16(21-11-12-22-16)14-6-9-17-10-7-14/h1-10H,11-12H2/b8-5+. The quantitative estimate of drug-likeness (QED) is 0.641. The number of para-hydroxylation sites is 1. The average molecular weight is 298 g/mol. The molecule has 1 fully saturated rings. The molecule has 112 valence electrons. The van der Waals surface area contributed by atoms with Gasteiger partial charge in [0.25, 0.3) is 5.69 Å². The van der Waals surface area contributed by atoms with Gasteiger partial charge in [-0.15, -0.1) is 0 Å². The summed E-state index contributed by atoms with van der Waals surface area (Å²) in [5.74, 6) is -1.02. The summed E-state index contributed by atoms with van der Waals surface area (Å²) in [5.41, 5.74) is 1.34.